The lowest BCUT2D eigenvalue weighted by Gasteiger charge is -2.23. The third-order valence-electron chi connectivity index (χ3n) is 7.13. The first kappa shape index (κ1) is 29.4. The van der Waals surface area contributed by atoms with Gasteiger partial charge >= 0.3 is 0 Å². The molecule has 6 N–H and O–H groups in total. The van der Waals surface area contributed by atoms with Gasteiger partial charge in [-0.25, -0.2) is 0 Å². The highest BCUT2D eigenvalue weighted by Gasteiger charge is 2.29. The van der Waals surface area contributed by atoms with E-state index in [2.05, 4.69) is 10.3 Å². The molecule has 3 aromatic carbocycles. The van der Waals surface area contributed by atoms with Crippen LogP contribution in [0.3, 0.4) is 0 Å². The molecule has 0 radical (unpaired) electrons. The lowest BCUT2D eigenvalue weighted by molar-refractivity contribution is -0.126. The van der Waals surface area contributed by atoms with Gasteiger partial charge in [0.25, 0.3) is 0 Å². The van der Waals surface area contributed by atoms with E-state index in [9.17, 15) is 14.4 Å². The maximum absolute atomic E-state index is 13.5. The Kier molecular flexibility index (Phi) is 10.1. The van der Waals surface area contributed by atoms with Crippen molar-refractivity contribution in [2.24, 2.45) is 17.4 Å². The number of ether oxygens (including phenoxy) is 2. The van der Waals surface area contributed by atoms with E-state index in [1.165, 1.54) is 0 Å². The van der Waals surface area contributed by atoms with Gasteiger partial charge < -0.3 is 31.2 Å². The van der Waals surface area contributed by atoms with Crippen LogP contribution in [-0.4, -0.2) is 42.8 Å². The van der Waals surface area contributed by atoms with Gasteiger partial charge in [0, 0.05) is 42.5 Å². The number of aromatic amines is 1. The van der Waals surface area contributed by atoms with Gasteiger partial charge in [0.05, 0.1) is 13.0 Å². The van der Waals surface area contributed by atoms with Crippen molar-refractivity contribution in [1.82, 2.24) is 10.3 Å². The lowest BCUT2D eigenvalue weighted by Crippen LogP contribution is -2.40. The van der Waals surface area contributed by atoms with Crippen LogP contribution in [0.5, 0.6) is 11.5 Å². The van der Waals surface area contributed by atoms with E-state index in [1.807, 2.05) is 66.9 Å². The van der Waals surface area contributed by atoms with Gasteiger partial charge in [-0.1, -0.05) is 48.5 Å². The highest BCUT2D eigenvalue weighted by Crippen LogP contribution is 2.28. The van der Waals surface area contributed by atoms with E-state index >= 15 is 0 Å². The molecule has 9 nitrogen and oxygen atoms in total. The summed E-state index contributed by atoms with van der Waals surface area (Å²) in [4.78, 5) is 40.5. The molecule has 4 aromatic rings. The summed E-state index contributed by atoms with van der Waals surface area (Å²) >= 11 is 0. The lowest BCUT2D eigenvalue weighted by atomic mass is 9.90. The zero-order valence-corrected chi connectivity index (χ0v) is 23.1. The number of Topliss-reactive ketones (excluding diaryl/α,β-unsaturated/α-hetero) is 1. The number of hydrogen-bond donors (Lipinski definition) is 4. The van der Waals surface area contributed by atoms with E-state index in [4.69, 9.17) is 20.9 Å². The second-order valence-electron chi connectivity index (χ2n) is 9.90. The van der Waals surface area contributed by atoms with Gasteiger partial charge in [0.2, 0.25) is 11.8 Å². The van der Waals surface area contributed by atoms with Crippen LogP contribution in [-0.2, 0) is 27.2 Å². The smallest absolute Gasteiger partial charge is 0.220 e. The number of aromatic nitrogens is 1. The summed E-state index contributed by atoms with van der Waals surface area (Å²) in [7, 11) is 1.60. The molecule has 0 saturated heterocycles. The summed E-state index contributed by atoms with van der Waals surface area (Å²) in [6.07, 6.45) is 3.35. The molecule has 0 aliphatic heterocycles. The molecular formula is C32H36N4O5. The minimum absolute atomic E-state index is 0.0691. The van der Waals surface area contributed by atoms with Gasteiger partial charge in [0.15, 0.2) is 5.78 Å². The average Bonchev–Trinajstić information content (AvgIpc) is 3.43. The van der Waals surface area contributed by atoms with Crippen molar-refractivity contribution in [3.8, 4) is 11.5 Å². The molecule has 1 aromatic heterocycles. The maximum Gasteiger partial charge on any atom is 0.220 e. The summed E-state index contributed by atoms with van der Waals surface area (Å²) < 4.78 is 11.2. The van der Waals surface area contributed by atoms with E-state index < -0.39 is 12.0 Å². The summed E-state index contributed by atoms with van der Waals surface area (Å²) in [6, 6.07) is 21.8. The number of rotatable bonds is 15. The van der Waals surface area contributed by atoms with Crippen molar-refractivity contribution in [3.05, 3.63) is 95.7 Å². The number of H-pyrrole nitrogens is 1. The van der Waals surface area contributed by atoms with Crippen LogP contribution in [0, 0.1) is 5.92 Å². The fourth-order valence-electron chi connectivity index (χ4n) is 4.78. The molecule has 0 aliphatic rings. The van der Waals surface area contributed by atoms with Crippen LogP contribution >= 0.6 is 0 Å². The predicted octanol–water partition coefficient (Wildman–Crippen LogP) is 3.61. The Labute approximate surface area is 239 Å². The summed E-state index contributed by atoms with van der Waals surface area (Å²) in [5.41, 5.74) is 15.5. The number of hydrogen-bond acceptors (Lipinski definition) is 6. The standard InChI is InChI=1S/C32H36N4O5/c1-40-29-9-5-2-6-22(29)13-17-31(39)36-19-26(32(34)25-18-35-27-8-4-3-7-24(25)27)28(37)20-41-23-14-10-21(11-15-23)12-16-30(33)38/h2-11,14-15,18,26,32,35H,12-13,16-17,19-20,34H2,1H3,(H2,33,38)(H,36,39). The zero-order valence-electron chi connectivity index (χ0n) is 23.1. The van der Waals surface area contributed by atoms with Gasteiger partial charge in [0.1, 0.15) is 18.1 Å². The third-order valence-corrected chi connectivity index (χ3v) is 7.13. The van der Waals surface area contributed by atoms with Crippen LogP contribution in [0.1, 0.15) is 35.6 Å². The van der Waals surface area contributed by atoms with E-state index in [1.54, 1.807) is 19.2 Å². The number of benzene rings is 3. The minimum atomic E-state index is -0.723. The number of fused-ring (bicyclic) bond motifs is 1. The average molecular weight is 557 g/mol. The molecule has 0 fully saturated rings. The highest BCUT2D eigenvalue weighted by molar-refractivity contribution is 5.88. The zero-order chi connectivity index (χ0) is 29.2. The quantitative estimate of drug-likeness (QED) is 0.176. The van der Waals surface area contributed by atoms with Gasteiger partial charge in [-0.2, -0.15) is 0 Å². The summed E-state index contributed by atoms with van der Waals surface area (Å²) in [5.74, 6) is -0.258. The molecule has 2 atom stereocenters. The summed E-state index contributed by atoms with van der Waals surface area (Å²) in [5, 5.41) is 3.83. The molecule has 214 valence electrons. The number of ketones is 1. The molecule has 0 bridgehead atoms. The van der Waals surface area contributed by atoms with Gasteiger partial charge in [-0.3, -0.25) is 14.4 Å². The molecular weight excluding hydrogens is 520 g/mol. The second-order valence-corrected chi connectivity index (χ2v) is 9.90. The van der Waals surface area contributed by atoms with Crippen molar-refractivity contribution >= 4 is 28.5 Å². The first-order chi connectivity index (χ1) is 19.9. The monoisotopic (exact) mass is 556 g/mol. The number of aryl methyl sites for hydroxylation is 2. The number of carbonyl (C=O) groups is 3. The minimum Gasteiger partial charge on any atom is -0.496 e. The van der Waals surface area contributed by atoms with Crippen LogP contribution < -0.4 is 26.3 Å². The molecule has 1 heterocycles. The summed E-state index contributed by atoms with van der Waals surface area (Å²) in [6.45, 7) is -0.141. The van der Waals surface area contributed by atoms with Crippen molar-refractivity contribution < 1.29 is 23.9 Å². The topological polar surface area (TPSA) is 150 Å². The normalized spacial score (nSPS) is 12.4. The molecule has 4 rings (SSSR count). The fraction of sp³-hybridized carbons (Fsp3) is 0.281. The Hall–Kier alpha value is -4.63. The maximum atomic E-state index is 13.5. The number of nitrogens with one attached hydrogen (secondary N) is 2. The molecule has 0 aliphatic carbocycles. The molecule has 41 heavy (non-hydrogen) atoms. The number of para-hydroxylation sites is 2. The number of methoxy groups -OCH3 is 1. The third kappa shape index (κ3) is 7.95. The van der Waals surface area contributed by atoms with Gasteiger partial charge in [-0.05, 0) is 53.8 Å². The van der Waals surface area contributed by atoms with Crippen molar-refractivity contribution in [3.63, 3.8) is 0 Å². The van der Waals surface area contributed by atoms with E-state index in [0.717, 1.165) is 33.3 Å². The number of amides is 2. The van der Waals surface area contributed by atoms with Crippen molar-refractivity contribution in [2.45, 2.75) is 31.7 Å². The molecule has 0 saturated carbocycles. The van der Waals surface area contributed by atoms with E-state index in [0.29, 0.717) is 18.6 Å². The Morgan fingerprint density at radius 3 is 2.41 bits per heavy atom. The van der Waals surface area contributed by atoms with Crippen molar-refractivity contribution in [1.29, 1.82) is 0 Å². The largest absolute Gasteiger partial charge is 0.496 e. The molecule has 0 spiro atoms. The number of carbonyl (C=O) groups excluding carboxylic acids is 3. The van der Waals surface area contributed by atoms with Crippen LogP contribution in [0.25, 0.3) is 10.9 Å². The van der Waals surface area contributed by atoms with E-state index in [-0.39, 0.29) is 43.6 Å². The van der Waals surface area contributed by atoms with Crippen LogP contribution in [0.15, 0.2) is 79.0 Å². The van der Waals surface area contributed by atoms with Crippen LogP contribution in [0.4, 0.5) is 0 Å². The Morgan fingerprint density at radius 2 is 1.66 bits per heavy atom. The molecule has 2 amide bonds. The van der Waals surface area contributed by atoms with Gasteiger partial charge in [-0.15, -0.1) is 0 Å². The Morgan fingerprint density at radius 1 is 0.927 bits per heavy atom. The number of primary amides is 1. The Balaban J connectivity index is 1.42. The Bertz CT molecular complexity index is 1480. The molecule has 9 heteroatoms. The fourth-order valence-corrected chi connectivity index (χ4v) is 4.78. The first-order valence-corrected chi connectivity index (χ1v) is 13.6. The first-order valence-electron chi connectivity index (χ1n) is 13.6. The predicted molar refractivity (Wildman–Crippen MR) is 158 cm³/mol. The van der Waals surface area contributed by atoms with Crippen molar-refractivity contribution in [2.75, 3.05) is 20.3 Å². The molecule has 2 unspecified atom stereocenters. The SMILES string of the molecule is COc1ccccc1CCC(=O)NCC(C(=O)COc1ccc(CCC(N)=O)cc1)C(N)c1c[nH]c2ccccc12. The number of nitrogens with two attached hydrogens (primary N) is 2. The van der Waals surface area contributed by atoms with Crippen LogP contribution in [0.2, 0.25) is 0 Å². The highest BCUT2D eigenvalue weighted by atomic mass is 16.5. The second kappa shape index (κ2) is 14.1.